The Kier molecular flexibility index (Phi) is 5.52. The topological polar surface area (TPSA) is 52.6 Å². The predicted molar refractivity (Wildman–Crippen MR) is 70.0 cm³/mol. The Morgan fingerprint density at radius 2 is 2.44 bits per heavy atom. The van der Waals surface area contributed by atoms with Crippen LogP contribution in [0.15, 0.2) is 22.9 Å². The Hall–Kier alpha value is -0.530. The summed E-state index contributed by atoms with van der Waals surface area (Å²) in [5, 5.41) is 3.07. The van der Waals surface area contributed by atoms with E-state index in [0.717, 1.165) is 16.6 Å². The summed E-state index contributed by atoms with van der Waals surface area (Å²) < 4.78 is 17.3. The maximum Gasteiger partial charge on any atom is 0.216 e. The van der Waals surface area contributed by atoms with Crippen LogP contribution in [0.5, 0.6) is 0 Å². The van der Waals surface area contributed by atoms with Crippen LogP contribution in [0.1, 0.15) is 18.6 Å². The number of rotatable bonds is 6. The molecule has 6 heteroatoms. The first kappa shape index (κ1) is 13.9. The van der Waals surface area contributed by atoms with Crippen LogP contribution in [0.25, 0.3) is 0 Å². The third-order valence-electron chi connectivity index (χ3n) is 2.60. The van der Waals surface area contributed by atoms with E-state index in [4.69, 9.17) is 14.2 Å². The van der Waals surface area contributed by atoms with Crippen molar-refractivity contribution in [2.24, 2.45) is 0 Å². The third kappa shape index (κ3) is 4.29. The van der Waals surface area contributed by atoms with Gasteiger partial charge in [0.15, 0.2) is 0 Å². The Morgan fingerprint density at radius 1 is 1.56 bits per heavy atom. The lowest BCUT2D eigenvalue weighted by atomic mass is 10.2. The summed E-state index contributed by atoms with van der Waals surface area (Å²) in [6.45, 7) is 4.56. The molecule has 1 fully saturated rings. The Morgan fingerprint density at radius 3 is 3.17 bits per heavy atom. The van der Waals surface area contributed by atoms with Crippen molar-refractivity contribution in [1.82, 2.24) is 10.3 Å². The second-order valence-electron chi connectivity index (χ2n) is 3.98. The molecule has 1 aliphatic heterocycles. The number of nitrogens with one attached hydrogen (secondary N) is 1. The summed E-state index contributed by atoms with van der Waals surface area (Å²) in [6.07, 6.45) is 3.27. The molecule has 1 aromatic heterocycles. The molecule has 18 heavy (non-hydrogen) atoms. The molecule has 1 unspecified atom stereocenters. The molecule has 0 saturated carbocycles. The van der Waals surface area contributed by atoms with Crippen LogP contribution in [0, 0.1) is 0 Å². The zero-order valence-electron chi connectivity index (χ0n) is 10.3. The molecular weight excluding hydrogens is 300 g/mol. The van der Waals surface area contributed by atoms with Crippen LogP contribution in [-0.4, -0.2) is 37.8 Å². The minimum absolute atomic E-state index is 0.00365. The van der Waals surface area contributed by atoms with E-state index in [-0.39, 0.29) is 12.5 Å². The summed E-state index contributed by atoms with van der Waals surface area (Å²) in [7, 11) is 0. The summed E-state index contributed by atoms with van der Waals surface area (Å²) in [5.74, 6) is 0. The Labute approximate surface area is 115 Å². The number of halogens is 1. The molecule has 0 bridgehead atoms. The molecule has 2 heterocycles. The average molecular weight is 317 g/mol. The number of ether oxygens (including phenoxy) is 3. The van der Waals surface area contributed by atoms with Gasteiger partial charge in [0.25, 0.3) is 0 Å². The molecule has 0 aromatic carbocycles. The second kappa shape index (κ2) is 7.16. The SMILES string of the molecule is C[C@H](OCCOC1NCCO1)c1cncc(Br)c1. The maximum atomic E-state index is 5.67. The van der Waals surface area contributed by atoms with E-state index in [2.05, 4.69) is 26.2 Å². The smallest absolute Gasteiger partial charge is 0.216 e. The molecule has 1 N–H and O–H groups in total. The zero-order chi connectivity index (χ0) is 12.8. The minimum atomic E-state index is -0.281. The average Bonchev–Trinajstić information content (AvgIpc) is 2.87. The predicted octanol–water partition coefficient (Wildman–Crippen LogP) is 1.84. The molecule has 1 aliphatic rings. The third-order valence-corrected chi connectivity index (χ3v) is 3.03. The lowest BCUT2D eigenvalue weighted by molar-refractivity contribution is -0.136. The maximum absolute atomic E-state index is 5.67. The van der Waals surface area contributed by atoms with Gasteiger partial charge >= 0.3 is 0 Å². The molecule has 100 valence electrons. The number of hydrogen-bond acceptors (Lipinski definition) is 5. The van der Waals surface area contributed by atoms with Crippen molar-refractivity contribution < 1.29 is 14.2 Å². The molecule has 1 aromatic rings. The molecule has 0 radical (unpaired) electrons. The first-order valence-electron chi connectivity index (χ1n) is 5.94. The largest absolute Gasteiger partial charge is 0.371 e. The van der Waals surface area contributed by atoms with Crippen LogP contribution in [-0.2, 0) is 14.2 Å². The van der Waals surface area contributed by atoms with E-state index in [0.29, 0.717) is 19.8 Å². The van der Waals surface area contributed by atoms with Crippen LogP contribution in [0.2, 0.25) is 0 Å². The van der Waals surface area contributed by atoms with Gasteiger partial charge in [0.05, 0.1) is 25.9 Å². The normalized spacial score (nSPS) is 21.1. The van der Waals surface area contributed by atoms with Crippen LogP contribution >= 0.6 is 15.9 Å². The Bertz CT molecular complexity index is 372. The van der Waals surface area contributed by atoms with Gasteiger partial charge in [-0.1, -0.05) is 0 Å². The summed E-state index contributed by atoms with van der Waals surface area (Å²) in [4.78, 5) is 4.11. The van der Waals surface area contributed by atoms with Crippen molar-refractivity contribution in [3.8, 4) is 0 Å². The monoisotopic (exact) mass is 316 g/mol. The molecule has 1 saturated heterocycles. The van der Waals surface area contributed by atoms with Gasteiger partial charge in [-0.15, -0.1) is 0 Å². The molecular formula is C12H17BrN2O3. The molecule has 5 nitrogen and oxygen atoms in total. The second-order valence-corrected chi connectivity index (χ2v) is 4.89. The number of aromatic nitrogens is 1. The zero-order valence-corrected chi connectivity index (χ0v) is 11.9. The van der Waals surface area contributed by atoms with Crippen LogP contribution in [0.4, 0.5) is 0 Å². The van der Waals surface area contributed by atoms with Gasteiger partial charge in [-0.05, 0) is 34.5 Å². The van der Waals surface area contributed by atoms with Crippen molar-refractivity contribution in [1.29, 1.82) is 0 Å². The quantitative estimate of drug-likeness (QED) is 0.812. The molecule has 2 atom stereocenters. The molecule has 0 spiro atoms. The van der Waals surface area contributed by atoms with Gasteiger partial charge in [-0.25, -0.2) is 0 Å². The first-order chi connectivity index (χ1) is 8.75. The summed E-state index contributed by atoms with van der Waals surface area (Å²) in [6, 6.07) is 2.00. The fraction of sp³-hybridized carbons (Fsp3) is 0.583. The van der Waals surface area contributed by atoms with Crippen molar-refractivity contribution in [3.63, 3.8) is 0 Å². The van der Waals surface area contributed by atoms with E-state index in [1.807, 2.05) is 13.0 Å². The molecule has 2 rings (SSSR count). The van der Waals surface area contributed by atoms with Crippen molar-refractivity contribution in [3.05, 3.63) is 28.5 Å². The number of pyridine rings is 1. The minimum Gasteiger partial charge on any atom is -0.371 e. The summed E-state index contributed by atoms with van der Waals surface area (Å²) in [5.41, 5.74) is 1.04. The van der Waals surface area contributed by atoms with E-state index < -0.39 is 0 Å². The lowest BCUT2D eigenvalue weighted by Gasteiger charge is -2.15. The van der Waals surface area contributed by atoms with E-state index in [1.54, 1.807) is 12.4 Å². The van der Waals surface area contributed by atoms with Crippen LogP contribution in [0.3, 0.4) is 0 Å². The van der Waals surface area contributed by atoms with Gasteiger partial charge < -0.3 is 14.2 Å². The highest BCUT2D eigenvalue weighted by molar-refractivity contribution is 9.10. The van der Waals surface area contributed by atoms with E-state index in [1.165, 1.54) is 0 Å². The Balaban J connectivity index is 1.66. The highest BCUT2D eigenvalue weighted by Crippen LogP contribution is 2.19. The fourth-order valence-electron chi connectivity index (χ4n) is 1.64. The number of hydrogen-bond donors (Lipinski definition) is 1. The summed E-state index contributed by atoms with van der Waals surface area (Å²) >= 11 is 3.39. The fourth-order valence-corrected chi connectivity index (χ4v) is 2.02. The van der Waals surface area contributed by atoms with Crippen LogP contribution < -0.4 is 5.32 Å². The highest BCUT2D eigenvalue weighted by atomic mass is 79.9. The standard InChI is InChI=1S/C12H17BrN2O3/c1-9(10-6-11(13)8-14-7-10)16-4-5-18-12-15-2-3-17-12/h6-9,12,15H,2-5H2,1H3/t9-,12?/m0/s1. The first-order valence-corrected chi connectivity index (χ1v) is 6.73. The highest BCUT2D eigenvalue weighted by Gasteiger charge is 2.14. The van der Waals surface area contributed by atoms with Crippen molar-refractivity contribution >= 4 is 15.9 Å². The van der Waals surface area contributed by atoms with Gasteiger partial charge in [-0.3, -0.25) is 10.3 Å². The van der Waals surface area contributed by atoms with Crippen molar-refractivity contribution in [2.45, 2.75) is 19.4 Å². The van der Waals surface area contributed by atoms with Gasteiger partial charge in [0.2, 0.25) is 6.41 Å². The van der Waals surface area contributed by atoms with Gasteiger partial charge in [0, 0.05) is 23.4 Å². The van der Waals surface area contributed by atoms with Gasteiger partial charge in [0.1, 0.15) is 0 Å². The number of nitrogens with zero attached hydrogens (tertiary/aromatic N) is 1. The van der Waals surface area contributed by atoms with Crippen molar-refractivity contribution in [2.75, 3.05) is 26.4 Å². The lowest BCUT2D eigenvalue weighted by Crippen LogP contribution is -2.27. The molecule has 0 amide bonds. The van der Waals surface area contributed by atoms with E-state index >= 15 is 0 Å². The van der Waals surface area contributed by atoms with Gasteiger partial charge in [-0.2, -0.15) is 0 Å². The molecule has 0 aliphatic carbocycles. The van der Waals surface area contributed by atoms with E-state index in [9.17, 15) is 0 Å².